The summed E-state index contributed by atoms with van der Waals surface area (Å²) in [6.07, 6.45) is 4.64. The van der Waals surface area contributed by atoms with E-state index in [1.165, 1.54) is 11.1 Å². The van der Waals surface area contributed by atoms with E-state index in [0.29, 0.717) is 12.7 Å². The van der Waals surface area contributed by atoms with E-state index in [4.69, 9.17) is 19.2 Å². The van der Waals surface area contributed by atoms with Crippen molar-refractivity contribution < 1.29 is 14.2 Å². The number of nitrogens with zero attached hydrogens (tertiary/aromatic N) is 4. The zero-order chi connectivity index (χ0) is 23.8. The van der Waals surface area contributed by atoms with E-state index in [-0.39, 0.29) is 0 Å². The van der Waals surface area contributed by atoms with E-state index in [9.17, 15) is 0 Å². The number of ether oxygens (including phenoxy) is 3. The molecule has 0 unspecified atom stereocenters. The lowest BCUT2D eigenvalue weighted by Gasteiger charge is -2.29. The smallest absolute Gasteiger partial charge is 0.151 e. The van der Waals surface area contributed by atoms with E-state index < -0.39 is 0 Å². The molecule has 35 heavy (non-hydrogen) atoms. The number of imidazole rings is 1. The fourth-order valence-corrected chi connectivity index (χ4v) is 5.31. The summed E-state index contributed by atoms with van der Waals surface area (Å²) in [4.78, 5) is 9.60. The molecule has 0 amide bonds. The zero-order valence-electron chi connectivity index (χ0n) is 20.7. The summed E-state index contributed by atoms with van der Waals surface area (Å²) < 4.78 is 20.1. The van der Waals surface area contributed by atoms with Crippen LogP contribution in [0.15, 0.2) is 42.6 Å². The fraction of sp³-hybridized carbons (Fsp3) is 0.464. The van der Waals surface area contributed by atoms with Crippen LogP contribution in [0, 0.1) is 6.92 Å². The van der Waals surface area contributed by atoms with Crippen molar-refractivity contribution in [3.63, 3.8) is 0 Å². The highest BCUT2D eigenvalue weighted by molar-refractivity contribution is 5.72. The van der Waals surface area contributed by atoms with Crippen LogP contribution in [0.1, 0.15) is 29.9 Å². The van der Waals surface area contributed by atoms with Crippen LogP contribution in [-0.4, -0.2) is 71.9 Å². The standard InChI is InChI=1S/C28H34N4O3/c1-20-15-24(35-23-7-9-30(2)10-8-23)4-5-25(20)21-3-6-26-27(16-21)34-19-28-29-22(18-32(26)28)17-31-11-13-33-14-12-31/h3-6,15-16,18,23H,7-14,17,19H2,1-2H3. The average molecular weight is 475 g/mol. The predicted octanol–water partition coefficient (Wildman–Crippen LogP) is 4.05. The Balaban J connectivity index is 1.19. The summed E-state index contributed by atoms with van der Waals surface area (Å²) in [5.41, 5.74) is 5.71. The quantitative estimate of drug-likeness (QED) is 0.556. The Morgan fingerprint density at radius 2 is 1.86 bits per heavy atom. The Kier molecular flexibility index (Phi) is 6.22. The normalized spacial score (nSPS) is 19.1. The molecule has 3 aliphatic rings. The Morgan fingerprint density at radius 1 is 1.03 bits per heavy atom. The highest BCUT2D eigenvalue weighted by atomic mass is 16.5. The van der Waals surface area contributed by atoms with Gasteiger partial charge in [0.25, 0.3) is 0 Å². The number of likely N-dealkylation sites (tertiary alicyclic amines) is 1. The minimum atomic E-state index is 0.311. The molecule has 0 radical (unpaired) electrons. The molecule has 2 fully saturated rings. The van der Waals surface area contributed by atoms with Crippen molar-refractivity contribution in [2.24, 2.45) is 0 Å². The van der Waals surface area contributed by atoms with Gasteiger partial charge in [0.2, 0.25) is 0 Å². The minimum Gasteiger partial charge on any atom is -0.490 e. The predicted molar refractivity (Wildman–Crippen MR) is 135 cm³/mol. The summed E-state index contributed by atoms with van der Waals surface area (Å²) >= 11 is 0. The number of fused-ring (bicyclic) bond motifs is 3. The molecule has 2 aromatic carbocycles. The third kappa shape index (κ3) is 4.81. The zero-order valence-corrected chi connectivity index (χ0v) is 20.7. The van der Waals surface area contributed by atoms with Gasteiger partial charge in [0.05, 0.1) is 24.6 Å². The van der Waals surface area contributed by atoms with Gasteiger partial charge in [-0.1, -0.05) is 12.1 Å². The topological polar surface area (TPSA) is 52.0 Å². The molecule has 0 spiro atoms. The van der Waals surface area contributed by atoms with Crippen molar-refractivity contribution in [3.05, 3.63) is 59.7 Å². The lowest BCUT2D eigenvalue weighted by atomic mass is 9.99. The van der Waals surface area contributed by atoms with E-state index >= 15 is 0 Å². The second kappa shape index (κ2) is 9.64. The summed E-state index contributed by atoms with van der Waals surface area (Å²) in [6, 6.07) is 12.9. The van der Waals surface area contributed by atoms with Crippen LogP contribution in [0.2, 0.25) is 0 Å². The van der Waals surface area contributed by atoms with Crippen LogP contribution in [0.3, 0.4) is 0 Å². The lowest BCUT2D eigenvalue weighted by molar-refractivity contribution is 0.0337. The fourth-order valence-electron chi connectivity index (χ4n) is 5.31. The number of aromatic nitrogens is 2. The molecule has 184 valence electrons. The monoisotopic (exact) mass is 474 g/mol. The van der Waals surface area contributed by atoms with Gasteiger partial charge in [-0.2, -0.15) is 0 Å². The maximum absolute atomic E-state index is 6.29. The number of morpholine rings is 1. The molecule has 2 saturated heterocycles. The van der Waals surface area contributed by atoms with Crippen LogP contribution in [0.4, 0.5) is 0 Å². The first-order valence-corrected chi connectivity index (χ1v) is 12.7. The Morgan fingerprint density at radius 3 is 2.66 bits per heavy atom. The van der Waals surface area contributed by atoms with Crippen LogP contribution in [0.5, 0.6) is 11.5 Å². The Labute approximate surface area is 207 Å². The van der Waals surface area contributed by atoms with Crippen LogP contribution >= 0.6 is 0 Å². The summed E-state index contributed by atoms with van der Waals surface area (Å²) in [6.45, 7) is 9.21. The van der Waals surface area contributed by atoms with Crippen molar-refractivity contribution in [1.29, 1.82) is 0 Å². The van der Waals surface area contributed by atoms with Gasteiger partial charge in [0, 0.05) is 38.9 Å². The number of hydrogen-bond donors (Lipinski definition) is 0. The van der Waals surface area contributed by atoms with Crippen molar-refractivity contribution in [2.45, 2.75) is 39.0 Å². The van der Waals surface area contributed by atoms with Gasteiger partial charge in [-0.05, 0) is 67.8 Å². The van der Waals surface area contributed by atoms with Crippen molar-refractivity contribution in [1.82, 2.24) is 19.4 Å². The summed E-state index contributed by atoms with van der Waals surface area (Å²) in [5, 5.41) is 0. The van der Waals surface area contributed by atoms with Crippen LogP contribution in [0.25, 0.3) is 16.8 Å². The number of rotatable bonds is 5. The second-order valence-corrected chi connectivity index (χ2v) is 9.98. The van der Waals surface area contributed by atoms with Gasteiger partial charge in [-0.3, -0.25) is 9.47 Å². The molecule has 4 heterocycles. The molecule has 0 atom stereocenters. The van der Waals surface area contributed by atoms with E-state index in [0.717, 1.165) is 93.0 Å². The van der Waals surface area contributed by atoms with Gasteiger partial charge < -0.3 is 19.1 Å². The van der Waals surface area contributed by atoms with Gasteiger partial charge in [0.1, 0.15) is 24.2 Å². The molecule has 7 heteroatoms. The van der Waals surface area contributed by atoms with Gasteiger partial charge in [-0.15, -0.1) is 0 Å². The number of hydrogen-bond acceptors (Lipinski definition) is 6. The number of aryl methyl sites for hydroxylation is 1. The Bertz CT molecular complexity index is 1190. The first-order valence-electron chi connectivity index (χ1n) is 12.7. The number of benzene rings is 2. The highest BCUT2D eigenvalue weighted by Crippen LogP contribution is 2.36. The number of piperidine rings is 1. The van der Waals surface area contributed by atoms with E-state index in [1.54, 1.807) is 0 Å². The average Bonchev–Trinajstić information content (AvgIpc) is 3.29. The molecular formula is C28H34N4O3. The molecule has 0 bridgehead atoms. The first kappa shape index (κ1) is 22.6. The minimum absolute atomic E-state index is 0.311. The molecule has 0 saturated carbocycles. The van der Waals surface area contributed by atoms with Crippen molar-refractivity contribution in [3.8, 4) is 28.3 Å². The van der Waals surface area contributed by atoms with Crippen LogP contribution in [-0.2, 0) is 17.9 Å². The van der Waals surface area contributed by atoms with E-state index in [2.05, 4.69) is 70.9 Å². The molecule has 0 N–H and O–H groups in total. The third-order valence-electron chi connectivity index (χ3n) is 7.37. The van der Waals surface area contributed by atoms with Crippen LogP contribution < -0.4 is 9.47 Å². The second-order valence-electron chi connectivity index (χ2n) is 9.98. The summed E-state index contributed by atoms with van der Waals surface area (Å²) in [5.74, 6) is 2.82. The third-order valence-corrected chi connectivity index (χ3v) is 7.37. The Hall–Kier alpha value is -2.87. The van der Waals surface area contributed by atoms with Crippen molar-refractivity contribution >= 4 is 0 Å². The molecule has 7 nitrogen and oxygen atoms in total. The first-order chi connectivity index (χ1) is 17.1. The highest BCUT2D eigenvalue weighted by Gasteiger charge is 2.22. The molecule has 0 aliphatic carbocycles. The van der Waals surface area contributed by atoms with E-state index in [1.807, 2.05) is 0 Å². The molecule has 3 aliphatic heterocycles. The van der Waals surface area contributed by atoms with Gasteiger partial charge in [-0.25, -0.2) is 4.98 Å². The maximum Gasteiger partial charge on any atom is 0.151 e. The molecule has 3 aromatic rings. The maximum atomic E-state index is 6.29. The van der Waals surface area contributed by atoms with Crippen molar-refractivity contribution in [2.75, 3.05) is 46.4 Å². The molecule has 6 rings (SSSR count). The molecular weight excluding hydrogens is 440 g/mol. The lowest BCUT2D eigenvalue weighted by Crippen LogP contribution is -2.35. The summed E-state index contributed by atoms with van der Waals surface area (Å²) in [7, 11) is 2.18. The van der Waals surface area contributed by atoms with Gasteiger partial charge >= 0.3 is 0 Å². The largest absolute Gasteiger partial charge is 0.490 e. The molecule has 1 aromatic heterocycles. The SMILES string of the molecule is Cc1cc(OC2CCN(C)CC2)ccc1-c1ccc2c(c1)OCc1nc(CN3CCOCC3)cn1-2. The van der Waals surface area contributed by atoms with Gasteiger partial charge in [0.15, 0.2) is 5.82 Å².